The second kappa shape index (κ2) is 11.7. The Hall–Kier alpha value is 0.870. The molecule has 6 heteroatoms. The van der Waals surface area contributed by atoms with Crippen LogP contribution in [-0.2, 0) is 10.1 Å². The molecule has 18 heavy (non-hydrogen) atoms. The zero-order valence-electron chi connectivity index (χ0n) is 11.9. The molecule has 0 fully saturated rings. The first-order valence-electron chi connectivity index (χ1n) is 6.50. The Kier molecular flexibility index (Phi) is 13.7. The topological polar surface area (TPSA) is 77.4 Å². The van der Waals surface area contributed by atoms with Gasteiger partial charge in [0.25, 0.3) is 0 Å². The molecule has 104 valence electrons. The standard InChI is InChI=1S/C12H26O4S.Na/c1-3-12(17(14,15)16)10-8-6-4-5-7-9-11(2)13;/h11-13H,3-10H2,1-2H3,(H,14,15,16);/q;+1/p-1. The summed E-state index contributed by atoms with van der Waals surface area (Å²) in [6.45, 7) is 3.52. The molecule has 0 saturated carbocycles. The van der Waals surface area contributed by atoms with Gasteiger partial charge in [0.1, 0.15) is 0 Å². The van der Waals surface area contributed by atoms with E-state index in [-0.39, 0.29) is 35.7 Å². The fourth-order valence-corrected chi connectivity index (χ4v) is 2.76. The molecule has 0 aliphatic carbocycles. The van der Waals surface area contributed by atoms with Crippen LogP contribution in [0.25, 0.3) is 0 Å². The van der Waals surface area contributed by atoms with E-state index < -0.39 is 15.4 Å². The van der Waals surface area contributed by atoms with Crippen LogP contribution in [0.5, 0.6) is 0 Å². The Morgan fingerprint density at radius 2 is 1.50 bits per heavy atom. The summed E-state index contributed by atoms with van der Waals surface area (Å²) in [6.07, 6.45) is 6.37. The first-order valence-corrected chi connectivity index (χ1v) is 7.97. The third-order valence-corrected chi connectivity index (χ3v) is 4.40. The molecule has 2 unspecified atom stereocenters. The second-order valence-corrected chi connectivity index (χ2v) is 6.37. The average Bonchev–Trinajstić information content (AvgIpc) is 2.19. The van der Waals surface area contributed by atoms with Crippen molar-refractivity contribution in [2.75, 3.05) is 0 Å². The van der Waals surface area contributed by atoms with E-state index >= 15 is 0 Å². The molecule has 2 atom stereocenters. The van der Waals surface area contributed by atoms with Gasteiger partial charge in [-0.15, -0.1) is 0 Å². The molecule has 0 bridgehead atoms. The smallest absolute Gasteiger partial charge is 0.748 e. The van der Waals surface area contributed by atoms with E-state index in [4.69, 9.17) is 5.11 Å². The van der Waals surface area contributed by atoms with Crippen LogP contribution in [0.3, 0.4) is 0 Å². The predicted molar refractivity (Wildman–Crippen MR) is 67.8 cm³/mol. The molecule has 0 aliphatic rings. The Balaban J connectivity index is 0. The summed E-state index contributed by atoms with van der Waals surface area (Å²) in [6, 6.07) is 0. The summed E-state index contributed by atoms with van der Waals surface area (Å²) in [5.41, 5.74) is 0. The van der Waals surface area contributed by atoms with Gasteiger partial charge < -0.3 is 9.66 Å². The molecule has 0 radical (unpaired) electrons. The molecule has 4 nitrogen and oxygen atoms in total. The summed E-state index contributed by atoms with van der Waals surface area (Å²) >= 11 is 0. The summed E-state index contributed by atoms with van der Waals surface area (Å²) in [5, 5.41) is 8.34. The molecule has 1 N–H and O–H groups in total. The summed E-state index contributed by atoms with van der Waals surface area (Å²) < 4.78 is 32.5. The molecule has 0 aromatic heterocycles. The molecule has 0 aromatic rings. The maximum atomic E-state index is 10.8. The fourth-order valence-electron chi connectivity index (χ4n) is 1.89. The first-order chi connectivity index (χ1) is 7.88. The monoisotopic (exact) mass is 288 g/mol. The Morgan fingerprint density at radius 1 is 1.06 bits per heavy atom. The van der Waals surface area contributed by atoms with Gasteiger partial charge in [0.05, 0.1) is 16.2 Å². The maximum Gasteiger partial charge on any atom is 1.00 e. The van der Waals surface area contributed by atoms with Crippen LogP contribution in [0.15, 0.2) is 0 Å². The van der Waals surface area contributed by atoms with E-state index in [0.29, 0.717) is 12.8 Å². The van der Waals surface area contributed by atoms with Gasteiger partial charge in [-0.25, -0.2) is 8.42 Å². The van der Waals surface area contributed by atoms with E-state index in [1.807, 2.05) is 0 Å². The fraction of sp³-hybridized carbons (Fsp3) is 1.00. The molecule has 0 spiro atoms. The largest absolute Gasteiger partial charge is 1.00 e. The normalized spacial score (nSPS) is 14.9. The van der Waals surface area contributed by atoms with Crippen molar-refractivity contribution in [3.63, 3.8) is 0 Å². The first kappa shape index (κ1) is 21.2. The summed E-state index contributed by atoms with van der Waals surface area (Å²) in [4.78, 5) is 0. The van der Waals surface area contributed by atoms with Gasteiger partial charge in [-0.1, -0.05) is 39.0 Å². The van der Waals surface area contributed by atoms with Crippen molar-refractivity contribution >= 4 is 10.1 Å². The van der Waals surface area contributed by atoms with Gasteiger partial charge in [0, 0.05) is 5.25 Å². The SMILES string of the molecule is CCC(CCCCCCCC(C)O)S(=O)(=O)[O-].[Na+]. The number of hydrogen-bond acceptors (Lipinski definition) is 4. The van der Waals surface area contributed by atoms with Crippen LogP contribution in [0, 0.1) is 0 Å². The van der Waals surface area contributed by atoms with Crippen molar-refractivity contribution in [1.29, 1.82) is 0 Å². The molecular weight excluding hydrogens is 263 g/mol. The molecule has 0 aromatic carbocycles. The maximum absolute atomic E-state index is 10.8. The van der Waals surface area contributed by atoms with Crippen LogP contribution in [-0.4, -0.2) is 29.4 Å². The number of aliphatic hydroxyl groups excluding tert-OH is 1. The Bertz CT molecular complexity index is 278. The summed E-state index contributed by atoms with van der Waals surface area (Å²) in [7, 11) is -4.11. The Labute approximate surface area is 134 Å². The van der Waals surface area contributed by atoms with Gasteiger partial charge in [0.2, 0.25) is 0 Å². The van der Waals surface area contributed by atoms with Crippen molar-refractivity contribution in [2.45, 2.75) is 76.6 Å². The van der Waals surface area contributed by atoms with Gasteiger partial charge in [-0.05, 0) is 26.2 Å². The minimum atomic E-state index is -4.11. The van der Waals surface area contributed by atoms with Crippen LogP contribution in [0.2, 0.25) is 0 Å². The van der Waals surface area contributed by atoms with E-state index in [0.717, 1.165) is 38.5 Å². The average molecular weight is 288 g/mol. The van der Waals surface area contributed by atoms with Crippen LogP contribution < -0.4 is 29.6 Å². The number of rotatable bonds is 10. The molecular formula is C12H25NaO4S. The van der Waals surface area contributed by atoms with Gasteiger partial charge in [0.15, 0.2) is 0 Å². The minimum Gasteiger partial charge on any atom is -0.748 e. The van der Waals surface area contributed by atoms with E-state index in [1.165, 1.54) is 0 Å². The third kappa shape index (κ3) is 11.9. The van der Waals surface area contributed by atoms with Crippen molar-refractivity contribution in [2.24, 2.45) is 0 Å². The zero-order chi connectivity index (χ0) is 13.3. The van der Waals surface area contributed by atoms with Crippen molar-refractivity contribution in [3.8, 4) is 0 Å². The quantitative estimate of drug-likeness (QED) is 0.332. The van der Waals surface area contributed by atoms with E-state index in [2.05, 4.69) is 0 Å². The third-order valence-electron chi connectivity index (χ3n) is 3.01. The van der Waals surface area contributed by atoms with Crippen molar-refractivity contribution in [1.82, 2.24) is 0 Å². The zero-order valence-corrected chi connectivity index (χ0v) is 14.7. The minimum absolute atomic E-state index is 0. The number of hydrogen-bond donors (Lipinski definition) is 1. The molecule has 0 amide bonds. The summed E-state index contributed by atoms with van der Waals surface area (Å²) in [5.74, 6) is 0. The van der Waals surface area contributed by atoms with Gasteiger partial charge >= 0.3 is 29.6 Å². The number of aliphatic hydroxyl groups is 1. The van der Waals surface area contributed by atoms with Crippen LogP contribution in [0.4, 0.5) is 0 Å². The van der Waals surface area contributed by atoms with Gasteiger partial charge in [-0.2, -0.15) is 0 Å². The van der Waals surface area contributed by atoms with E-state index in [1.54, 1.807) is 13.8 Å². The number of unbranched alkanes of at least 4 members (excludes halogenated alkanes) is 4. The van der Waals surface area contributed by atoms with Crippen molar-refractivity contribution in [3.05, 3.63) is 0 Å². The molecule has 0 aliphatic heterocycles. The molecule has 0 saturated heterocycles. The van der Waals surface area contributed by atoms with Crippen LogP contribution in [0.1, 0.15) is 65.2 Å². The second-order valence-electron chi connectivity index (χ2n) is 4.72. The Morgan fingerprint density at radius 3 is 1.89 bits per heavy atom. The molecule has 0 heterocycles. The predicted octanol–water partition coefficient (Wildman–Crippen LogP) is -0.574. The van der Waals surface area contributed by atoms with E-state index in [9.17, 15) is 13.0 Å². The van der Waals surface area contributed by atoms with Crippen LogP contribution >= 0.6 is 0 Å². The van der Waals surface area contributed by atoms with Gasteiger partial charge in [-0.3, -0.25) is 0 Å². The molecule has 0 rings (SSSR count). The van der Waals surface area contributed by atoms with Crippen molar-refractivity contribution < 1.29 is 47.6 Å².